The molecule has 21 heavy (non-hydrogen) atoms. The summed E-state index contributed by atoms with van der Waals surface area (Å²) >= 11 is 0. The van der Waals surface area contributed by atoms with E-state index in [-0.39, 0.29) is 5.56 Å². The Hall–Kier alpha value is -3.02. The van der Waals surface area contributed by atoms with Crippen molar-refractivity contribution in [2.75, 3.05) is 0 Å². The summed E-state index contributed by atoms with van der Waals surface area (Å²) in [7, 11) is 0. The van der Waals surface area contributed by atoms with E-state index < -0.39 is 5.97 Å². The molecule has 0 bridgehead atoms. The third-order valence-corrected chi connectivity index (χ3v) is 2.95. The highest BCUT2D eigenvalue weighted by Gasteiger charge is 2.09. The van der Waals surface area contributed by atoms with Crippen LogP contribution in [0, 0.1) is 6.92 Å². The Balaban J connectivity index is 2.02. The number of pyridine rings is 1. The molecule has 1 N–H and O–H groups in total. The van der Waals surface area contributed by atoms with Crippen LogP contribution >= 0.6 is 0 Å². The topological polar surface area (TPSA) is 85.2 Å². The zero-order chi connectivity index (χ0) is 14.8. The molecule has 0 aliphatic carbocycles. The number of carbonyl (C=O) groups is 1. The van der Waals surface area contributed by atoms with Crippen molar-refractivity contribution in [2.24, 2.45) is 0 Å². The summed E-state index contributed by atoms with van der Waals surface area (Å²) in [5.41, 5.74) is 1.57. The number of hydrogen-bond donors (Lipinski definition) is 1. The third kappa shape index (κ3) is 2.64. The molecule has 0 saturated heterocycles. The summed E-state index contributed by atoms with van der Waals surface area (Å²) in [5, 5.41) is 9.63. The van der Waals surface area contributed by atoms with E-state index in [0.29, 0.717) is 22.5 Å². The predicted octanol–water partition coefficient (Wildman–Crippen LogP) is 2.82. The Bertz CT molecular complexity index is 816. The largest absolute Gasteiger partial charge is 0.478 e. The highest BCUT2D eigenvalue weighted by atomic mass is 16.5. The van der Waals surface area contributed by atoms with Crippen LogP contribution in [0.3, 0.4) is 0 Å². The van der Waals surface area contributed by atoms with Crippen LogP contribution in [-0.4, -0.2) is 26.0 Å². The normalized spacial score (nSPS) is 10.5. The Morgan fingerprint density at radius 3 is 2.71 bits per heavy atom. The van der Waals surface area contributed by atoms with E-state index in [1.807, 2.05) is 13.0 Å². The monoisotopic (exact) mass is 281 g/mol. The van der Waals surface area contributed by atoms with Crippen LogP contribution in [0.4, 0.5) is 0 Å². The lowest BCUT2D eigenvalue weighted by Crippen LogP contribution is -1.97. The first-order valence-electron chi connectivity index (χ1n) is 6.22. The van der Waals surface area contributed by atoms with Crippen molar-refractivity contribution >= 4 is 16.9 Å². The summed E-state index contributed by atoms with van der Waals surface area (Å²) in [6.07, 6.45) is 2.94. The van der Waals surface area contributed by atoms with Crippen LogP contribution in [-0.2, 0) is 0 Å². The Labute approximate surface area is 120 Å². The van der Waals surface area contributed by atoms with Crippen LogP contribution in [0.1, 0.15) is 16.1 Å². The van der Waals surface area contributed by atoms with Crippen LogP contribution in [0.2, 0.25) is 0 Å². The lowest BCUT2D eigenvalue weighted by molar-refractivity contribution is 0.0697. The third-order valence-electron chi connectivity index (χ3n) is 2.95. The Morgan fingerprint density at radius 1 is 1.14 bits per heavy atom. The fourth-order valence-electron chi connectivity index (χ4n) is 1.87. The second kappa shape index (κ2) is 5.16. The summed E-state index contributed by atoms with van der Waals surface area (Å²) in [6.45, 7) is 1.89. The van der Waals surface area contributed by atoms with Gasteiger partial charge in [-0.25, -0.2) is 14.8 Å². The quantitative estimate of drug-likeness (QED) is 0.794. The molecule has 104 valence electrons. The van der Waals surface area contributed by atoms with E-state index in [9.17, 15) is 4.79 Å². The summed E-state index contributed by atoms with van der Waals surface area (Å²) in [4.78, 5) is 23.3. The van der Waals surface area contributed by atoms with E-state index in [1.54, 1.807) is 18.3 Å². The van der Waals surface area contributed by atoms with Gasteiger partial charge in [0.2, 0.25) is 5.88 Å². The molecule has 1 aromatic carbocycles. The van der Waals surface area contributed by atoms with Crippen molar-refractivity contribution in [1.82, 2.24) is 15.0 Å². The number of aryl methyl sites for hydroxylation is 1. The van der Waals surface area contributed by atoms with Crippen molar-refractivity contribution in [1.29, 1.82) is 0 Å². The maximum Gasteiger partial charge on any atom is 0.335 e. The number of aromatic carboxylic acids is 1. The number of ether oxygens (including phenoxy) is 1. The van der Waals surface area contributed by atoms with E-state index in [0.717, 1.165) is 5.69 Å². The number of fused-ring (bicyclic) bond motifs is 1. The van der Waals surface area contributed by atoms with Gasteiger partial charge >= 0.3 is 5.97 Å². The average Bonchev–Trinajstić information content (AvgIpc) is 2.49. The van der Waals surface area contributed by atoms with Crippen LogP contribution < -0.4 is 4.74 Å². The first-order valence-corrected chi connectivity index (χ1v) is 6.22. The SMILES string of the molecule is Cc1ccc(Oc2ncnc3cc(C(=O)O)ccc23)cn1. The van der Waals surface area contributed by atoms with Gasteiger partial charge in [-0.2, -0.15) is 0 Å². The van der Waals surface area contributed by atoms with Gasteiger partial charge in [-0.3, -0.25) is 4.98 Å². The zero-order valence-electron chi connectivity index (χ0n) is 11.1. The molecule has 0 atom stereocenters. The smallest absolute Gasteiger partial charge is 0.335 e. The molecular weight excluding hydrogens is 270 g/mol. The number of rotatable bonds is 3. The lowest BCUT2D eigenvalue weighted by Gasteiger charge is -2.07. The molecule has 0 unspecified atom stereocenters. The van der Waals surface area contributed by atoms with Crippen molar-refractivity contribution in [2.45, 2.75) is 6.92 Å². The molecule has 2 aromatic heterocycles. The van der Waals surface area contributed by atoms with Gasteiger partial charge in [0.25, 0.3) is 0 Å². The molecule has 3 rings (SSSR count). The van der Waals surface area contributed by atoms with Crippen molar-refractivity contribution in [3.8, 4) is 11.6 Å². The summed E-state index contributed by atoms with van der Waals surface area (Å²) in [5.74, 6) is -0.0776. The minimum Gasteiger partial charge on any atom is -0.478 e. The minimum atomic E-state index is -0.999. The highest BCUT2D eigenvalue weighted by Crippen LogP contribution is 2.26. The van der Waals surface area contributed by atoms with Gasteiger partial charge in [0.1, 0.15) is 12.1 Å². The maximum atomic E-state index is 11.0. The second-order valence-corrected chi connectivity index (χ2v) is 4.45. The van der Waals surface area contributed by atoms with Gasteiger partial charge in [-0.1, -0.05) is 0 Å². The van der Waals surface area contributed by atoms with Gasteiger partial charge in [-0.15, -0.1) is 0 Å². The van der Waals surface area contributed by atoms with Gasteiger partial charge in [-0.05, 0) is 37.3 Å². The van der Waals surface area contributed by atoms with Crippen LogP contribution in [0.5, 0.6) is 11.6 Å². The van der Waals surface area contributed by atoms with Crippen molar-refractivity contribution < 1.29 is 14.6 Å². The Kier molecular flexibility index (Phi) is 3.19. The molecule has 3 aromatic rings. The fraction of sp³-hybridized carbons (Fsp3) is 0.0667. The molecule has 6 heteroatoms. The molecule has 0 aliphatic rings. The van der Waals surface area contributed by atoms with E-state index in [4.69, 9.17) is 9.84 Å². The van der Waals surface area contributed by atoms with Crippen LogP contribution in [0.15, 0.2) is 42.9 Å². The zero-order valence-corrected chi connectivity index (χ0v) is 11.1. The number of nitrogens with zero attached hydrogens (tertiary/aromatic N) is 3. The maximum absolute atomic E-state index is 11.0. The van der Waals surface area contributed by atoms with E-state index in [1.165, 1.54) is 18.5 Å². The van der Waals surface area contributed by atoms with Crippen LogP contribution in [0.25, 0.3) is 10.9 Å². The number of benzene rings is 1. The average molecular weight is 281 g/mol. The molecular formula is C15H11N3O3. The molecule has 0 amide bonds. The Morgan fingerprint density at radius 2 is 2.00 bits per heavy atom. The predicted molar refractivity (Wildman–Crippen MR) is 75.5 cm³/mol. The first-order chi connectivity index (χ1) is 10.1. The lowest BCUT2D eigenvalue weighted by atomic mass is 10.1. The van der Waals surface area contributed by atoms with Gasteiger partial charge in [0.15, 0.2) is 0 Å². The standard InChI is InChI=1S/C15H11N3O3/c1-9-2-4-11(7-16-9)21-14-12-5-3-10(15(19)20)6-13(12)17-8-18-14/h2-8H,1H3,(H,19,20). The molecule has 6 nitrogen and oxygen atoms in total. The van der Waals surface area contributed by atoms with E-state index in [2.05, 4.69) is 15.0 Å². The summed E-state index contributed by atoms with van der Waals surface area (Å²) in [6, 6.07) is 8.24. The molecule has 2 heterocycles. The number of carboxylic acid groups (broad SMARTS) is 1. The highest BCUT2D eigenvalue weighted by molar-refractivity contribution is 5.94. The first kappa shape index (κ1) is 13.0. The van der Waals surface area contributed by atoms with Gasteiger partial charge in [0.05, 0.1) is 22.7 Å². The van der Waals surface area contributed by atoms with Gasteiger partial charge in [0, 0.05) is 5.69 Å². The number of carboxylic acids is 1. The molecule has 0 radical (unpaired) electrons. The molecule has 0 aliphatic heterocycles. The van der Waals surface area contributed by atoms with Gasteiger partial charge < -0.3 is 9.84 Å². The minimum absolute atomic E-state index is 0.171. The number of hydrogen-bond acceptors (Lipinski definition) is 5. The van der Waals surface area contributed by atoms with Crippen molar-refractivity contribution in [3.63, 3.8) is 0 Å². The van der Waals surface area contributed by atoms with E-state index >= 15 is 0 Å². The molecule has 0 spiro atoms. The molecule has 0 saturated carbocycles. The summed E-state index contributed by atoms with van der Waals surface area (Å²) < 4.78 is 5.69. The fourth-order valence-corrected chi connectivity index (χ4v) is 1.87. The van der Waals surface area contributed by atoms with Crippen molar-refractivity contribution in [3.05, 3.63) is 54.1 Å². The molecule has 0 fully saturated rings. The second-order valence-electron chi connectivity index (χ2n) is 4.45. The number of aromatic nitrogens is 3.